The summed E-state index contributed by atoms with van der Waals surface area (Å²) < 4.78 is 0. The van der Waals surface area contributed by atoms with E-state index in [1.165, 1.54) is 5.56 Å². The van der Waals surface area contributed by atoms with Crippen LogP contribution in [0, 0.1) is 13.8 Å². The molecular formula is C11H19N3. The Balaban J connectivity index is 2.91. The van der Waals surface area contributed by atoms with Gasteiger partial charge in [0.15, 0.2) is 0 Å². The number of nitrogens with zero attached hydrogens (tertiary/aromatic N) is 1. The topological polar surface area (TPSA) is 50.9 Å². The molecule has 1 atom stereocenters. The number of nitrogens with two attached hydrogens (primary N) is 1. The Labute approximate surface area is 85.7 Å². The minimum absolute atomic E-state index is 0.250. The highest BCUT2D eigenvalue weighted by atomic mass is 15.2. The molecule has 3 nitrogen and oxygen atoms in total. The second kappa shape index (κ2) is 5.08. The van der Waals surface area contributed by atoms with Crippen molar-refractivity contribution in [1.29, 1.82) is 0 Å². The van der Waals surface area contributed by atoms with Gasteiger partial charge in [0.2, 0.25) is 0 Å². The van der Waals surface area contributed by atoms with Crippen LogP contribution in [0.15, 0.2) is 12.1 Å². The minimum Gasteiger partial charge on any atom is -0.271 e. The second-order valence-corrected chi connectivity index (χ2v) is 3.69. The number of aromatic nitrogens is 1. The highest BCUT2D eigenvalue weighted by molar-refractivity contribution is 5.23. The quantitative estimate of drug-likeness (QED) is 0.568. The van der Waals surface area contributed by atoms with E-state index in [0.29, 0.717) is 0 Å². The second-order valence-electron chi connectivity index (χ2n) is 3.69. The van der Waals surface area contributed by atoms with Crippen molar-refractivity contribution in [3.05, 3.63) is 29.1 Å². The molecule has 14 heavy (non-hydrogen) atoms. The molecule has 1 heterocycles. The molecule has 0 spiro atoms. The maximum Gasteiger partial charge on any atom is 0.0461 e. The van der Waals surface area contributed by atoms with Crippen LogP contribution in [0.2, 0.25) is 0 Å². The first-order valence-electron chi connectivity index (χ1n) is 5.08. The van der Waals surface area contributed by atoms with Gasteiger partial charge in [-0.25, -0.2) is 0 Å². The van der Waals surface area contributed by atoms with Crippen molar-refractivity contribution in [3.8, 4) is 0 Å². The Kier molecular flexibility index (Phi) is 4.04. The summed E-state index contributed by atoms with van der Waals surface area (Å²) in [6.45, 7) is 6.18. The molecular weight excluding hydrogens is 174 g/mol. The summed E-state index contributed by atoms with van der Waals surface area (Å²) in [5, 5.41) is 0. The fourth-order valence-corrected chi connectivity index (χ4v) is 1.70. The number of rotatable bonds is 4. The molecule has 1 unspecified atom stereocenters. The Morgan fingerprint density at radius 1 is 1.36 bits per heavy atom. The molecule has 0 aromatic carbocycles. The van der Waals surface area contributed by atoms with Crippen LogP contribution in [0.3, 0.4) is 0 Å². The van der Waals surface area contributed by atoms with Gasteiger partial charge in [0, 0.05) is 17.4 Å². The highest BCUT2D eigenvalue weighted by Gasteiger charge is 2.09. The third kappa shape index (κ3) is 2.79. The molecule has 0 amide bonds. The normalized spacial score (nSPS) is 12.9. The van der Waals surface area contributed by atoms with E-state index in [1.54, 1.807) is 0 Å². The molecule has 0 aliphatic heterocycles. The third-order valence-electron chi connectivity index (χ3n) is 2.28. The first kappa shape index (κ1) is 11.1. The summed E-state index contributed by atoms with van der Waals surface area (Å²) in [5.41, 5.74) is 6.19. The zero-order valence-corrected chi connectivity index (χ0v) is 9.17. The van der Waals surface area contributed by atoms with E-state index in [-0.39, 0.29) is 6.04 Å². The van der Waals surface area contributed by atoms with Crippen LogP contribution in [0.5, 0.6) is 0 Å². The van der Waals surface area contributed by atoms with Crippen LogP contribution in [0.4, 0.5) is 0 Å². The molecule has 1 rings (SSSR count). The molecule has 78 valence electrons. The molecule has 0 radical (unpaired) electrons. The molecule has 0 fully saturated rings. The summed E-state index contributed by atoms with van der Waals surface area (Å²) in [7, 11) is 0. The van der Waals surface area contributed by atoms with Gasteiger partial charge in [-0.15, -0.1) is 0 Å². The van der Waals surface area contributed by atoms with Crippen molar-refractivity contribution in [2.24, 2.45) is 5.84 Å². The number of hydrogen-bond donors (Lipinski definition) is 2. The van der Waals surface area contributed by atoms with Gasteiger partial charge >= 0.3 is 0 Å². The number of hydrogen-bond acceptors (Lipinski definition) is 3. The zero-order valence-electron chi connectivity index (χ0n) is 9.17. The predicted octanol–water partition coefficient (Wildman–Crippen LogP) is 2.00. The van der Waals surface area contributed by atoms with Crippen LogP contribution >= 0.6 is 0 Å². The zero-order chi connectivity index (χ0) is 10.6. The number of nitrogens with one attached hydrogen (secondary N) is 1. The van der Waals surface area contributed by atoms with Crippen LogP contribution in [-0.2, 0) is 0 Å². The third-order valence-corrected chi connectivity index (χ3v) is 2.28. The van der Waals surface area contributed by atoms with Crippen molar-refractivity contribution < 1.29 is 0 Å². The van der Waals surface area contributed by atoms with Crippen molar-refractivity contribution in [1.82, 2.24) is 10.4 Å². The van der Waals surface area contributed by atoms with E-state index in [2.05, 4.69) is 29.5 Å². The molecule has 0 saturated carbocycles. The lowest BCUT2D eigenvalue weighted by atomic mass is 10.0. The Hall–Kier alpha value is -0.930. The maximum atomic E-state index is 5.52. The average molecular weight is 193 g/mol. The summed E-state index contributed by atoms with van der Waals surface area (Å²) in [6, 6.07) is 4.43. The minimum atomic E-state index is 0.250. The molecule has 1 aromatic heterocycles. The highest BCUT2D eigenvalue weighted by Crippen LogP contribution is 2.18. The molecule has 3 heteroatoms. The van der Waals surface area contributed by atoms with E-state index in [0.717, 1.165) is 24.2 Å². The molecule has 0 bridgehead atoms. The van der Waals surface area contributed by atoms with Gasteiger partial charge in [-0.1, -0.05) is 13.3 Å². The molecule has 0 aliphatic carbocycles. The fraction of sp³-hybridized carbons (Fsp3) is 0.545. The SMILES string of the molecule is CCCC(NN)c1cc(C)nc(C)c1. The molecule has 0 saturated heterocycles. The monoisotopic (exact) mass is 193 g/mol. The predicted molar refractivity (Wildman–Crippen MR) is 58.7 cm³/mol. The van der Waals surface area contributed by atoms with Crippen molar-refractivity contribution >= 4 is 0 Å². The lowest BCUT2D eigenvalue weighted by molar-refractivity contribution is 0.509. The largest absolute Gasteiger partial charge is 0.271 e. The van der Waals surface area contributed by atoms with E-state index in [4.69, 9.17) is 5.84 Å². The lowest BCUT2D eigenvalue weighted by Crippen LogP contribution is -2.28. The van der Waals surface area contributed by atoms with E-state index in [1.807, 2.05) is 13.8 Å². The van der Waals surface area contributed by atoms with Gasteiger partial charge < -0.3 is 0 Å². The van der Waals surface area contributed by atoms with Gasteiger partial charge in [0.1, 0.15) is 0 Å². The van der Waals surface area contributed by atoms with Gasteiger partial charge in [-0.3, -0.25) is 16.3 Å². The van der Waals surface area contributed by atoms with Crippen molar-refractivity contribution in [3.63, 3.8) is 0 Å². The van der Waals surface area contributed by atoms with Gasteiger partial charge in [-0.2, -0.15) is 0 Å². The first-order chi connectivity index (χ1) is 6.67. The van der Waals surface area contributed by atoms with Crippen LogP contribution in [0.25, 0.3) is 0 Å². The Morgan fingerprint density at radius 2 is 1.93 bits per heavy atom. The van der Waals surface area contributed by atoms with Crippen molar-refractivity contribution in [2.45, 2.75) is 39.7 Å². The summed E-state index contributed by atoms with van der Waals surface area (Å²) in [4.78, 5) is 4.34. The van der Waals surface area contributed by atoms with Gasteiger partial charge in [0.25, 0.3) is 0 Å². The molecule has 1 aromatic rings. The van der Waals surface area contributed by atoms with Gasteiger partial charge in [0.05, 0.1) is 0 Å². The summed E-state index contributed by atoms with van der Waals surface area (Å²) in [5.74, 6) is 5.52. The van der Waals surface area contributed by atoms with Crippen LogP contribution in [-0.4, -0.2) is 4.98 Å². The Morgan fingerprint density at radius 3 is 2.36 bits per heavy atom. The molecule has 0 aliphatic rings. The Bertz CT molecular complexity index is 276. The first-order valence-corrected chi connectivity index (χ1v) is 5.08. The van der Waals surface area contributed by atoms with Crippen molar-refractivity contribution in [2.75, 3.05) is 0 Å². The van der Waals surface area contributed by atoms with Gasteiger partial charge in [-0.05, 0) is 38.0 Å². The smallest absolute Gasteiger partial charge is 0.0461 e. The van der Waals surface area contributed by atoms with E-state index < -0.39 is 0 Å². The average Bonchev–Trinajstić information content (AvgIpc) is 2.12. The fourth-order valence-electron chi connectivity index (χ4n) is 1.70. The number of hydrazine groups is 1. The number of aryl methyl sites for hydroxylation is 2. The van der Waals surface area contributed by atoms with E-state index in [9.17, 15) is 0 Å². The molecule has 3 N–H and O–H groups in total. The summed E-state index contributed by atoms with van der Waals surface area (Å²) in [6.07, 6.45) is 2.18. The standard InChI is InChI=1S/C11H19N3/c1-4-5-11(14-12)10-6-8(2)13-9(3)7-10/h6-7,11,14H,4-5,12H2,1-3H3. The van der Waals surface area contributed by atoms with Crippen LogP contribution < -0.4 is 11.3 Å². The van der Waals surface area contributed by atoms with E-state index >= 15 is 0 Å². The number of pyridine rings is 1. The van der Waals surface area contributed by atoms with Crippen LogP contribution in [0.1, 0.15) is 42.8 Å². The maximum absolute atomic E-state index is 5.52. The lowest BCUT2D eigenvalue weighted by Gasteiger charge is -2.16. The summed E-state index contributed by atoms with van der Waals surface area (Å²) >= 11 is 0.